The molecule has 16 heavy (non-hydrogen) atoms. The van der Waals surface area contributed by atoms with E-state index in [1.54, 1.807) is 6.07 Å². The van der Waals surface area contributed by atoms with Gasteiger partial charge in [-0.15, -0.1) is 0 Å². The topological polar surface area (TPSA) is 71.5 Å². The number of aliphatic hydroxyl groups excluding tert-OH is 1. The maximum atomic E-state index is 11.8. The van der Waals surface area contributed by atoms with Gasteiger partial charge in [-0.2, -0.15) is 4.37 Å². The summed E-state index contributed by atoms with van der Waals surface area (Å²) in [5.41, 5.74) is -0.226. The lowest BCUT2D eigenvalue weighted by atomic mass is 10.00. The van der Waals surface area contributed by atoms with Crippen molar-refractivity contribution < 1.29 is 14.6 Å². The van der Waals surface area contributed by atoms with Gasteiger partial charge in [0, 0.05) is 11.5 Å². The van der Waals surface area contributed by atoms with Crippen LogP contribution in [0.4, 0.5) is 0 Å². The molecule has 0 aliphatic carbocycles. The van der Waals surface area contributed by atoms with Gasteiger partial charge in [0.05, 0.1) is 18.8 Å². The van der Waals surface area contributed by atoms with Crippen molar-refractivity contribution >= 4 is 17.4 Å². The molecule has 0 saturated carbocycles. The fourth-order valence-electron chi connectivity index (χ4n) is 1.65. The molecule has 1 aromatic rings. The van der Waals surface area contributed by atoms with Crippen molar-refractivity contribution in [2.45, 2.75) is 18.9 Å². The lowest BCUT2D eigenvalue weighted by Gasteiger charge is -2.25. The zero-order valence-electron chi connectivity index (χ0n) is 9.02. The van der Waals surface area contributed by atoms with E-state index in [4.69, 9.17) is 4.74 Å². The number of aliphatic hydroxyl groups is 1. The molecule has 0 bridgehead atoms. The highest BCUT2D eigenvalue weighted by atomic mass is 32.1. The van der Waals surface area contributed by atoms with E-state index in [1.807, 2.05) is 6.92 Å². The van der Waals surface area contributed by atoms with Crippen LogP contribution in [0.15, 0.2) is 6.07 Å². The molecule has 1 atom stereocenters. The molecule has 0 radical (unpaired) electrons. The van der Waals surface area contributed by atoms with Crippen LogP contribution < -0.4 is 5.32 Å². The van der Waals surface area contributed by atoms with Gasteiger partial charge in [-0.1, -0.05) is 0 Å². The molecule has 2 heterocycles. The molecule has 1 unspecified atom stereocenters. The SMILES string of the molecule is Cc1cc(C(=O)NC2(CO)CCOC2)ns1. The van der Waals surface area contributed by atoms with Crippen LogP contribution in [0.2, 0.25) is 0 Å². The number of nitrogens with zero attached hydrogens (tertiary/aromatic N) is 1. The van der Waals surface area contributed by atoms with Crippen LogP contribution in [-0.2, 0) is 4.74 Å². The summed E-state index contributed by atoms with van der Waals surface area (Å²) in [5.74, 6) is -0.246. The summed E-state index contributed by atoms with van der Waals surface area (Å²) in [7, 11) is 0. The summed E-state index contributed by atoms with van der Waals surface area (Å²) in [5, 5.41) is 12.1. The highest BCUT2D eigenvalue weighted by molar-refractivity contribution is 7.05. The van der Waals surface area contributed by atoms with Gasteiger partial charge in [-0.05, 0) is 30.9 Å². The third-order valence-corrected chi connectivity index (χ3v) is 3.34. The fraction of sp³-hybridized carbons (Fsp3) is 0.600. The average molecular weight is 242 g/mol. The number of aryl methyl sites for hydroxylation is 1. The monoisotopic (exact) mass is 242 g/mol. The normalized spacial score (nSPS) is 24.6. The van der Waals surface area contributed by atoms with Gasteiger partial charge in [-0.3, -0.25) is 4.79 Å². The first-order chi connectivity index (χ1) is 7.65. The van der Waals surface area contributed by atoms with Crippen LogP contribution in [0.25, 0.3) is 0 Å². The number of ether oxygens (including phenoxy) is 1. The molecular formula is C10H14N2O3S. The summed E-state index contributed by atoms with van der Waals surface area (Å²) in [6, 6.07) is 1.74. The minimum absolute atomic E-state index is 0.109. The van der Waals surface area contributed by atoms with E-state index in [0.717, 1.165) is 4.88 Å². The van der Waals surface area contributed by atoms with Crippen molar-refractivity contribution in [1.29, 1.82) is 0 Å². The molecule has 1 aliphatic heterocycles. The van der Waals surface area contributed by atoms with Gasteiger partial charge in [-0.25, -0.2) is 0 Å². The highest BCUT2D eigenvalue weighted by Crippen LogP contribution is 2.19. The summed E-state index contributed by atoms with van der Waals surface area (Å²) in [6.07, 6.45) is 0.637. The molecule has 5 nitrogen and oxygen atoms in total. The van der Waals surface area contributed by atoms with Crippen molar-refractivity contribution in [3.05, 3.63) is 16.6 Å². The third kappa shape index (κ3) is 2.23. The standard InChI is InChI=1S/C10H14N2O3S/c1-7-4-8(12-16-7)9(14)11-10(5-13)2-3-15-6-10/h4,13H,2-3,5-6H2,1H3,(H,11,14). The van der Waals surface area contributed by atoms with Crippen molar-refractivity contribution in [2.75, 3.05) is 19.8 Å². The first kappa shape index (κ1) is 11.5. The van der Waals surface area contributed by atoms with E-state index >= 15 is 0 Å². The Morgan fingerprint density at radius 3 is 3.12 bits per heavy atom. The number of rotatable bonds is 3. The van der Waals surface area contributed by atoms with Gasteiger partial charge in [0.25, 0.3) is 5.91 Å². The number of carbonyl (C=O) groups excluding carboxylic acids is 1. The number of nitrogens with one attached hydrogen (secondary N) is 1. The Bertz CT molecular complexity index is 385. The van der Waals surface area contributed by atoms with Gasteiger partial charge in [0.1, 0.15) is 5.69 Å². The summed E-state index contributed by atoms with van der Waals surface area (Å²) < 4.78 is 9.23. The number of carbonyl (C=O) groups is 1. The molecule has 1 amide bonds. The second-order valence-electron chi connectivity index (χ2n) is 4.02. The molecule has 2 N–H and O–H groups in total. The highest BCUT2D eigenvalue weighted by Gasteiger charge is 2.36. The predicted octanol–water partition coefficient (Wildman–Crippen LogP) is 0.333. The smallest absolute Gasteiger partial charge is 0.271 e. The molecule has 2 rings (SSSR count). The second kappa shape index (κ2) is 4.48. The Kier molecular flexibility index (Phi) is 3.22. The molecule has 1 aromatic heterocycles. The molecular weight excluding hydrogens is 228 g/mol. The van der Waals surface area contributed by atoms with Gasteiger partial charge >= 0.3 is 0 Å². The summed E-state index contributed by atoms with van der Waals surface area (Å²) >= 11 is 1.29. The van der Waals surface area contributed by atoms with Gasteiger partial charge in [0.2, 0.25) is 0 Å². The predicted molar refractivity (Wildman–Crippen MR) is 59.6 cm³/mol. The molecule has 0 spiro atoms. The Balaban J connectivity index is 2.06. The van der Waals surface area contributed by atoms with E-state index in [1.165, 1.54) is 11.5 Å². The number of hydrogen-bond donors (Lipinski definition) is 2. The van der Waals surface area contributed by atoms with Crippen LogP contribution in [0.1, 0.15) is 21.8 Å². The zero-order chi connectivity index (χ0) is 11.6. The minimum atomic E-state index is -0.630. The summed E-state index contributed by atoms with van der Waals surface area (Å²) in [4.78, 5) is 12.8. The fourth-order valence-corrected chi connectivity index (χ4v) is 2.19. The van der Waals surface area contributed by atoms with E-state index in [9.17, 15) is 9.90 Å². The van der Waals surface area contributed by atoms with E-state index in [0.29, 0.717) is 25.3 Å². The number of hydrogen-bond acceptors (Lipinski definition) is 5. The van der Waals surface area contributed by atoms with Crippen LogP contribution in [0.3, 0.4) is 0 Å². The maximum Gasteiger partial charge on any atom is 0.271 e. The number of amides is 1. The lowest BCUT2D eigenvalue weighted by molar-refractivity contribution is 0.0786. The third-order valence-electron chi connectivity index (χ3n) is 2.65. The van der Waals surface area contributed by atoms with Crippen LogP contribution >= 0.6 is 11.5 Å². The molecule has 0 aromatic carbocycles. The van der Waals surface area contributed by atoms with Gasteiger partial charge in [0.15, 0.2) is 0 Å². The zero-order valence-corrected chi connectivity index (χ0v) is 9.84. The maximum absolute atomic E-state index is 11.8. The molecule has 6 heteroatoms. The van der Waals surface area contributed by atoms with Crippen LogP contribution in [0, 0.1) is 6.92 Å². The second-order valence-corrected chi connectivity index (χ2v) is 5.03. The average Bonchev–Trinajstić information content (AvgIpc) is 2.88. The van der Waals surface area contributed by atoms with Crippen molar-refractivity contribution in [1.82, 2.24) is 9.69 Å². The minimum Gasteiger partial charge on any atom is -0.394 e. The van der Waals surface area contributed by atoms with Gasteiger partial charge < -0.3 is 15.2 Å². The largest absolute Gasteiger partial charge is 0.394 e. The van der Waals surface area contributed by atoms with Crippen molar-refractivity contribution in [2.24, 2.45) is 0 Å². The Morgan fingerprint density at radius 1 is 1.81 bits per heavy atom. The quantitative estimate of drug-likeness (QED) is 0.801. The molecule has 1 aliphatic rings. The lowest BCUT2D eigenvalue weighted by Crippen LogP contribution is -2.52. The van der Waals surface area contributed by atoms with Crippen molar-refractivity contribution in [3.63, 3.8) is 0 Å². The van der Waals surface area contributed by atoms with Crippen LogP contribution in [0.5, 0.6) is 0 Å². The van der Waals surface area contributed by atoms with E-state index in [-0.39, 0.29) is 12.5 Å². The Hall–Kier alpha value is -0.980. The van der Waals surface area contributed by atoms with Crippen molar-refractivity contribution in [3.8, 4) is 0 Å². The Labute approximate surface area is 97.6 Å². The van der Waals surface area contributed by atoms with E-state index < -0.39 is 5.54 Å². The molecule has 88 valence electrons. The molecule has 1 saturated heterocycles. The Morgan fingerprint density at radius 2 is 2.62 bits per heavy atom. The molecule has 1 fully saturated rings. The van der Waals surface area contributed by atoms with E-state index in [2.05, 4.69) is 9.69 Å². The van der Waals surface area contributed by atoms with Crippen LogP contribution in [-0.4, -0.2) is 40.7 Å². The first-order valence-electron chi connectivity index (χ1n) is 5.10. The number of aromatic nitrogens is 1. The summed E-state index contributed by atoms with van der Waals surface area (Å²) in [6.45, 7) is 2.71. The first-order valence-corrected chi connectivity index (χ1v) is 5.87.